The van der Waals surface area contributed by atoms with E-state index in [4.69, 9.17) is 5.26 Å². The molecule has 0 saturated carbocycles. The maximum Gasteiger partial charge on any atom is 0.189 e. The topological polar surface area (TPSA) is 40.9 Å². The maximum absolute atomic E-state index is 11.7. The van der Waals surface area contributed by atoms with Gasteiger partial charge in [0.25, 0.3) is 0 Å². The molecule has 1 heterocycles. The number of nitriles is 1. The third-order valence-corrected chi connectivity index (χ3v) is 3.39. The van der Waals surface area contributed by atoms with Crippen molar-refractivity contribution in [1.82, 2.24) is 0 Å². The first-order valence-electron chi connectivity index (χ1n) is 4.65. The van der Waals surface area contributed by atoms with Crippen LogP contribution in [0.25, 0.3) is 10.1 Å². The van der Waals surface area contributed by atoms with Crippen LogP contribution in [0.3, 0.4) is 0 Å². The van der Waals surface area contributed by atoms with Crippen LogP contribution < -0.4 is 0 Å². The second-order valence-electron chi connectivity index (χ2n) is 3.36. The van der Waals surface area contributed by atoms with Crippen molar-refractivity contribution in [2.24, 2.45) is 5.92 Å². The molecule has 0 aliphatic heterocycles. The molecule has 1 atom stereocenters. The summed E-state index contributed by atoms with van der Waals surface area (Å²) in [5, 5.41) is 9.74. The van der Waals surface area contributed by atoms with Gasteiger partial charge in [0.1, 0.15) is 5.92 Å². The van der Waals surface area contributed by atoms with Gasteiger partial charge in [-0.1, -0.05) is 18.2 Å². The van der Waals surface area contributed by atoms with Crippen LogP contribution in [0, 0.1) is 17.2 Å². The normalized spacial score (nSPS) is 12.3. The van der Waals surface area contributed by atoms with Gasteiger partial charge in [0, 0.05) is 4.70 Å². The highest BCUT2D eigenvalue weighted by molar-refractivity contribution is 7.20. The minimum Gasteiger partial charge on any atom is -0.292 e. The predicted molar refractivity (Wildman–Crippen MR) is 60.9 cm³/mol. The Bertz CT molecular complexity index is 517. The number of hydrogen-bond acceptors (Lipinski definition) is 3. The number of nitrogens with zero attached hydrogens (tertiary/aromatic N) is 1. The number of hydrogen-bond donors (Lipinski definition) is 0. The van der Waals surface area contributed by atoms with E-state index in [0.717, 1.165) is 10.1 Å². The molecule has 1 aromatic heterocycles. The number of rotatable bonds is 2. The number of thiophene rings is 1. The number of benzene rings is 1. The molecule has 0 spiro atoms. The largest absolute Gasteiger partial charge is 0.292 e. The third kappa shape index (κ3) is 1.77. The standard InChI is InChI=1S/C12H9NOS/c1-8(7-13)12(14)11-6-9-4-2-3-5-10(9)15-11/h2-6,8H,1H3. The molecule has 1 aromatic carbocycles. The highest BCUT2D eigenvalue weighted by atomic mass is 32.1. The van der Waals surface area contributed by atoms with Crippen LogP contribution in [-0.4, -0.2) is 5.78 Å². The van der Waals surface area contributed by atoms with Gasteiger partial charge in [0.2, 0.25) is 0 Å². The van der Waals surface area contributed by atoms with E-state index in [2.05, 4.69) is 0 Å². The Morgan fingerprint density at radius 2 is 2.20 bits per heavy atom. The summed E-state index contributed by atoms with van der Waals surface area (Å²) in [6.45, 7) is 1.63. The zero-order chi connectivity index (χ0) is 10.8. The summed E-state index contributed by atoms with van der Waals surface area (Å²) in [7, 11) is 0. The molecule has 0 amide bonds. The Labute approximate surface area is 91.8 Å². The van der Waals surface area contributed by atoms with Crippen molar-refractivity contribution in [2.75, 3.05) is 0 Å². The van der Waals surface area contributed by atoms with Crippen LogP contribution in [-0.2, 0) is 0 Å². The highest BCUT2D eigenvalue weighted by Crippen LogP contribution is 2.26. The Kier molecular flexibility index (Phi) is 2.53. The molecule has 0 fully saturated rings. The van der Waals surface area contributed by atoms with E-state index in [0.29, 0.717) is 4.88 Å². The van der Waals surface area contributed by atoms with Crippen molar-refractivity contribution in [3.63, 3.8) is 0 Å². The minimum atomic E-state index is -0.557. The number of carbonyl (C=O) groups excluding carboxylic acids is 1. The lowest BCUT2D eigenvalue weighted by Gasteiger charge is -1.95. The van der Waals surface area contributed by atoms with Crippen LogP contribution in [0.4, 0.5) is 0 Å². The van der Waals surface area contributed by atoms with Crippen molar-refractivity contribution in [3.8, 4) is 6.07 Å². The summed E-state index contributed by atoms with van der Waals surface area (Å²) >= 11 is 1.45. The lowest BCUT2D eigenvalue weighted by Crippen LogP contribution is -2.06. The van der Waals surface area contributed by atoms with E-state index in [1.807, 2.05) is 36.4 Å². The number of Topliss-reactive ketones (excluding diaryl/α,β-unsaturated/α-hetero) is 1. The van der Waals surface area contributed by atoms with Gasteiger partial charge in [-0.15, -0.1) is 11.3 Å². The third-order valence-electron chi connectivity index (χ3n) is 2.26. The second kappa shape index (κ2) is 3.84. The van der Waals surface area contributed by atoms with Crippen molar-refractivity contribution in [2.45, 2.75) is 6.92 Å². The molecular weight excluding hydrogens is 206 g/mol. The first-order valence-corrected chi connectivity index (χ1v) is 5.46. The highest BCUT2D eigenvalue weighted by Gasteiger charge is 2.16. The lowest BCUT2D eigenvalue weighted by atomic mass is 10.1. The van der Waals surface area contributed by atoms with Gasteiger partial charge < -0.3 is 0 Å². The molecule has 15 heavy (non-hydrogen) atoms. The fourth-order valence-corrected chi connectivity index (χ4v) is 2.47. The molecule has 0 N–H and O–H groups in total. The Morgan fingerprint density at radius 1 is 1.47 bits per heavy atom. The zero-order valence-corrected chi connectivity index (χ0v) is 9.04. The summed E-state index contributed by atoms with van der Waals surface area (Å²) in [6, 6.07) is 11.7. The van der Waals surface area contributed by atoms with Gasteiger partial charge >= 0.3 is 0 Å². The SMILES string of the molecule is CC(C#N)C(=O)c1cc2ccccc2s1. The Balaban J connectivity index is 2.46. The first kappa shape index (κ1) is 9.88. The zero-order valence-electron chi connectivity index (χ0n) is 8.23. The molecule has 2 nitrogen and oxygen atoms in total. The van der Waals surface area contributed by atoms with Crippen molar-refractivity contribution >= 4 is 27.2 Å². The summed E-state index contributed by atoms with van der Waals surface area (Å²) < 4.78 is 1.09. The van der Waals surface area contributed by atoms with E-state index in [1.54, 1.807) is 6.92 Å². The predicted octanol–water partition coefficient (Wildman–Crippen LogP) is 3.24. The van der Waals surface area contributed by atoms with E-state index >= 15 is 0 Å². The van der Waals surface area contributed by atoms with Crippen LogP contribution >= 0.6 is 11.3 Å². The monoisotopic (exact) mass is 215 g/mol. The second-order valence-corrected chi connectivity index (χ2v) is 4.45. The summed E-state index contributed by atoms with van der Waals surface area (Å²) in [5.74, 6) is -0.642. The molecule has 74 valence electrons. The van der Waals surface area contributed by atoms with E-state index in [-0.39, 0.29) is 5.78 Å². The van der Waals surface area contributed by atoms with Crippen molar-refractivity contribution in [1.29, 1.82) is 5.26 Å². The molecule has 0 radical (unpaired) electrons. The molecule has 1 unspecified atom stereocenters. The molecule has 0 aliphatic carbocycles. The smallest absolute Gasteiger partial charge is 0.189 e. The Morgan fingerprint density at radius 3 is 2.87 bits per heavy atom. The van der Waals surface area contributed by atoms with Gasteiger partial charge in [-0.3, -0.25) is 4.79 Å². The quantitative estimate of drug-likeness (QED) is 0.721. The summed E-state index contributed by atoms with van der Waals surface area (Å²) in [5.41, 5.74) is 0. The van der Waals surface area contributed by atoms with E-state index < -0.39 is 5.92 Å². The number of carbonyl (C=O) groups is 1. The fraction of sp³-hybridized carbons (Fsp3) is 0.167. The van der Waals surface area contributed by atoms with Crippen LogP contribution in [0.15, 0.2) is 30.3 Å². The summed E-state index contributed by atoms with van der Waals surface area (Å²) in [6.07, 6.45) is 0. The van der Waals surface area contributed by atoms with E-state index in [1.165, 1.54) is 11.3 Å². The first-order chi connectivity index (χ1) is 7.22. The molecule has 3 heteroatoms. The Hall–Kier alpha value is -1.66. The molecule has 0 bridgehead atoms. The van der Waals surface area contributed by atoms with Crippen LogP contribution in [0.1, 0.15) is 16.6 Å². The van der Waals surface area contributed by atoms with Gasteiger partial charge in [0.05, 0.1) is 10.9 Å². The molecule has 0 aliphatic rings. The van der Waals surface area contributed by atoms with Gasteiger partial charge in [-0.2, -0.15) is 5.26 Å². The number of ketones is 1. The molecular formula is C12H9NOS. The van der Waals surface area contributed by atoms with E-state index in [9.17, 15) is 4.79 Å². The van der Waals surface area contributed by atoms with Gasteiger partial charge in [-0.25, -0.2) is 0 Å². The molecule has 2 rings (SSSR count). The average molecular weight is 215 g/mol. The fourth-order valence-electron chi connectivity index (χ4n) is 1.38. The van der Waals surface area contributed by atoms with Crippen LogP contribution in [0.2, 0.25) is 0 Å². The van der Waals surface area contributed by atoms with Crippen molar-refractivity contribution in [3.05, 3.63) is 35.2 Å². The van der Waals surface area contributed by atoms with Crippen LogP contribution in [0.5, 0.6) is 0 Å². The van der Waals surface area contributed by atoms with Crippen molar-refractivity contribution < 1.29 is 4.79 Å². The molecule has 2 aromatic rings. The minimum absolute atomic E-state index is 0.0845. The number of fused-ring (bicyclic) bond motifs is 1. The average Bonchev–Trinajstić information content (AvgIpc) is 2.70. The summed E-state index contributed by atoms with van der Waals surface area (Å²) in [4.78, 5) is 12.4. The van der Waals surface area contributed by atoms with Gasteiger partial charge in [-0.05, 0) is 24.4 Å². The lowest BCUT2D eigenvalue weighted by molar-refractivity contribution is 0.0960. The molecule has 0 saturated heterocycles. The van der Waals surface area contributed by atoms with Gasteiger partial charge in [0.15, 0.2) is 5.78 Å². The maximum atomic E-state index is 11.7.